The summed E-state index contributed by atoms with van der Waals surface area (Å²) in [7, 11) is 0. The van der Waals surface area contributed by atoms with Crippen molar-refractivity contribution < 1.29 is 4.79 Å². The Morgan fingerprint density at radius 3 is 3.21 bits per heavy atom. The smallest absolute Gasteiger partial charge is 0.273 e. The van der Waals surface area contributed by atoms with E-state index in [4.69, 9.17) is 0 Å². The molecule has 0 radical (unpaired) electrons. The number of nitrogens with zero attached hydrogens (tertiary/aromatic N) is 2. The number of nitrogens with one attached hydrogen (secondary N) is 2. The van der Waals surface area contributed by atoms with Crippen LogP contribution in [-0.4, -0.2) is 27.4 Å². The average Bonchev–Trinajstić information content (AvgIpc) is 2.72. The lowest BCUT2D eigenvalue weighted by Gasteiger charge is -2.16. The van der Waals surface area contributed by atoms with Crippen molar-refractivity contribution in [3.8, 4) is 0 Å². The number of H-pyrrole nitrogens is 1. The van der Waals surface area contributed by atoms with E-state index in [0.29, 0.717) is 5.69 Å². The van der Waals surface area contributed by atoms with Gasteiger partial charge in [-0.25, -0.2) is 0 Å². The number of hydrogen-bond acceptors (Lipinski definition) is 3. The molecule has 1 aliphatic carbocycles. The summed E-state index contributed by atoms with van der Waals surface area (Å²) in [5.41, 5.74) is 0.337. The van der Waals surface area contributed by atoms with Gasteiger partial charge in [-0.15, -0.1) is 0 Å². The van der Waals surface area contributed by atoms with Gasteiger partial charge in [-0.2, -0.15) is 15.4 Å². The van der Waals surface area contributed by atoms with Crippen LogP contribution in [0.2, 0.25) is 0 Å². The van der Waals surface area contributed by atoms with Crippen molar-refractivity contribution >= 4 is 5.91 Å². The number of rotatable bonds is 2. The molecule has 1 aromatic heterocycles. The molecule has 0 aliphatic heterocycles. The van der Waals surface area contributed by atoms with Crippen LogP contribution >= 0.6 is 0 Å². The molecule has 0 fully saturated rings. The summed E-state index contributed by atoms with van der Waals surface area (Å²) >= 11 is 0. The van der Waals surface area contributed by atoms with Crippen LogP contribution < -0.4 is 5.32 Å². The Morgan fingerprint density at radius 1 is 1.64 bits per heavy atom. The summed E-state index contributed by atoms with van der Waals surface area (Å²) in [6.07, 6.45) is 8.78. The van der Waals surface area contributed by atoms with E-state index in [9.17, 15) is 4.79 Å². The maximum Gasteiger partial charge on any atom is 0.273 e. The first kappa shape index (κ1) is 8.93. The molecule has 0 bridgehead atoms. The monoisotopic (exact) mass is 192 g/mol. The van der Waals surface area contributed by atoms with E-state index in [1.54, 1.807) is 0 Å². The number of carbonyl (C=O) groups excluding carboxylic acids is 1. The zero-order valence-electron chi connectivity index (χ0n) is 7.73. The third kappa shape index (κ3) is 1.99. The van der Waals surface area contributed by atoms with Crippen LogP contribution in [0.3, 0.4) is 0 Å². The van der Waals surface area contributed by atoms with Gasteiger partial charge in [-0.05, 0) is 19.3 Å². The Hall–Kier alpha value is -1.65. The number of allylic oxidation sites excluding steroid dienone is 1. The number of carbonyl (C=O) groups is 1. The molecule has 0 spiro atoms. The van der Waals surface area contributed by atoms with E-state index in [-0.39, 0.29) is 11.9 Å². The molecule has 1 atom stereocenters. The predicted octanol–water partition coefficient (Wildman–Crippen LogP) is 0.643. The van der Waals surface area contributed by atoms with Crippen LogP contribution in [0.5, 0.6) is 0 Å². The summed E-state index contributed by atoms with van der Waals surface area (Å²) in [5, 5.41) is 12.6. The van der Waals surface area contributed by atoms with Crippen LogP contribution in [0, 0.1) is 0 Å². The molecular formula is C9H12N4O. The fraction of sp³-hybridized carbons (Fsp3) is 0.444. The third-order valence-electron chi connectivity index (χ3n) is 2.22. The van der Waals surface area contributed by atoms with Gasteiger partial charge in [-0.3, -0.25) is 4.79 Å². The van der Waals surface area contributed by atoms with Crippen molar-refractivity contribution in [2.24, 2.45) is 0 Å². The molecule has 0 saturated heterocycles. The molecule has 2 rings (SSSR count). The lowest BCUT2D eigenvalue weighted by Crippen LogP contribution is -2.34. The maximum absolute atomic E-state index is 11.5. The van der Waals surface area contributed by atoms with Crippen molar-refractivity contribution in [1.29, 1.82) is 0 Å². The molecule has 74 valence electrons. The molecule has 0 aromatic carbocycles. The average molecular weight is 192 g/mol. The second-order valence-corrected chi connectivity index (χ2v) is 3.29. The Kier molecular flexibility index (Phi) is 2.58. The molecule has 1 aromatic rings. The summed E-state index contributed by atoms with van der Waals surface area (Å²) in [6, 6.07) is 0.146. The van der Waals surface area contributed by atoms with Crippen LogP contribution in [0.1, 0.15) is 29.8 Å². The number of aromatic nitrogens is 3. The van der Waals surface area contributed by atoms with Gasteiger partial charge < -0.3 is 5.32 Å². The molecule has 5 nitrogen and oxygen atoms in total. The number of hydrogen-bond donors (Lipinski definition) is 2. The molecular weight excluding hydrogens is 180 g/mol. The van der Waals surface area contributed by atoms with Crippen molar-refractivity contribution in [1.82, 2.24) is 20.7 Å². The summed E-state index contributed by atoms with van der Waals surface area (Å²) in [4.78, 5) is 11.5. The highest BCUT2D eigenvalue weighted by molar-refractivity contribution is 5.92. The van der Waals surface area contributed by atoms with Gasteiger partial charge in [-0.1, -0.05) is 12.2 Å². The molecule has 2 N–H and O–H groups in total. The first-order valence-electron chi connectivity index (χ1n) is 4.69. The lowest BCUT2D eigenvalue weighted by molar-refractivity contribution is 0.0937. The van der Waals surface area contributed by atoms with Crippen molar-refractivity contribution in [2.45, 2.75) is 25.3 Å². The van der Waals surface area contributed by atoms with Crippen LogP contribution in [0.4, 0.5) is 0 Å². The third-order valence-corrected chi connectivity index (χ3v) is 2.22. The van der Waals surface area contributed by atoms with Gasteiger partial charge in [0, 0.05) is 6.04 Å². The van der Waals surface area contributed by atoms with Crippen molar-refractivity contribution in [3.63, 3.8) is 0 Å². The normalized spacial score (nSPS) is 20.7. The molecule has 1 amide bonds. The summed E-state index contributed by atoms with van der Waals surface area (Å²) in [6.45, 7) is 0. The highest BCUT2D eigenvalue weighted by atomic mass is 16.2. The Balaban J connectivity index is 1.94. The second kappa shape index (κ2) is 4.04. The molecule has 14 heavy (non-hydrogen) atoms. The Morgan fingerprint density at radius 2 is 2.57 bits per heavy atom. The summed E-state index contributed by atoms with van der Waals surface area (Å²) in [5.74, 6) is -0.171. The first-order chi connectivity index (χ1) is 6.86. The lowest BCUT2D eigenvalue weighted by atomic mass is 10.0. The van der Waals surface area contributed by atoms with E-state index in [1.807, 2.05) is 6.08 Å². The fourth-order valence-electron chi connectivity index (χ4n) is 1.49. The Bertz CT molecular complexity index is 331. The molecule has 1 aliphatic rings. The molecule has 5 heteroatoms. The highest BCUT2D eigenvalue weighted by Gasteiger charge is 2.14. The quantitative estimate of drug-likeness (QED) is 0.675. The van der Waals surface area contributed by atoms with E-state index in [2.05, 4.69) is 26.8 Å². The fourth-order valence-corrected chi connectivity index (χ4v) is 1.49. The van der Waals surface area contributed by atoms with Crippen LogP contribution in [-0.2, 0) is 0 Å². The Labute approximate surface area is 81.6 Å². The summed E-state index contributed by atoms with van der Waals surface area (Å²) < 4.78 is 0. The topological polar surface area (TPSA) is 70.7 Å². The van der Waals surface area contributed by atoms with E-state index in [1.165, 1.54) is 6.20 Å². The van der Waals surface area contributed by atoms with Gasteiger partial charge in [0.1, 0.15) is 0 Å². The molecule has 0 saturated carbocycles. The predicted molar refractivity (Wildman–Crippen MR) is 50.6 cm³/mol. The van der Waals surface area contributed by atoms with Crippen LogP contribution in [0.15, 0.2) is 18.3 Å². The standard InChI is InChI=1S/C9H12N4O/c14-9(8-6-10-13-12-8)11-7-4-2-1-3-5-7/h2,4,6-7H,1,3,5H2,(H,11,14)(H,10,12,13). The zero-order chi connectivity index (χ0) is 9.80. The van der Waals surface area contributed by atoms with Crippen molar-refractivity contribution in [3.05, 3.63) is 24.0 Å². The van der Waals surface area contributed by atoms with E-state index in [0.717, 1.165) is 19.3 Å². The van der Waals surface area contributed by atoms with Gasteiger partial charge in [0.25, 0.3) is 5.91 Å². The molecule has 1 unspecified atom stereocenters. The van der Waals surface area contributed by atoms with E-state index >= 15 is 0 Å². The highest BCUT2D eigenvalue weighted by Crippen LogP contribution is 2.10. The molecule has 1 heterocycles. The number of aromatic amines is 1. The SMILES string of the molecule is O=C(NC1C=CCCC1)c1cn[nH]n1. The first-order valence-corrected chi connectivity index (χ1v) is 4.69. The van der Waals surface area contributed by atoms with Crippen molar-refractivity contribution in [2.75, 3.05) is 0 Å². The zero-order valence-corrected chi connectivity index (χ0v) is 7.73. The minimum atomic E-state index is -0.171. The van der Waals surface area contributed by atoms with Gasteiger partial charge in [0.15, 0.2) is 5.69 Å². The van der Waals surface area contributed by atoms with Gasteiger partial charge >= 0.3 is 0 Å². The van der Waals surface area contributed by atoms with Gasteiger partial charge in [0.05, 0.1) is 6.20 Å². The largest absolute Gasteiger partial charge is 0.344 e. The second-order valence-electron chi connectivity index (χ2n) is 3.29. The van der Waals surface area contributed by atoms with Crippen LogP contribution in [0.25, 0.3) is 0 Å². The van der Waals surface area contributed by atoms with Gasteiger partial charge in [0.2, 0.25) is 0 Å². The minimum absolute atomic E-state index is 0.146. The minimum Gasteiger partial charge on any atom is -0.344 e. The van der Waals surface area contributed by atoms with E-state index < -0.39 is 0 Å². The maximum atomic E-state index is 11.5. The number of amides is 1.